The molecule has 0 radical (unpaired) electrons. The summed E-state index contributed by atoms with van der Waals surface area (Å²) >= 11 is 0. The molecule has 0 saturated heterocycles. The summed E-state index contributed by atoms with van der Waals surface area (Å²) in [6, 6.07) is 15.5. The zero-order valence-corrected chi connectivity index (χ0v) is 13.0. The van der Waals surface area contributed by atoms with Crippen molar-refractivity contribution in [2.75, 3.05) is 5.43 Å². The summed E-state index contributed by atoms with van der Waals surface area (Å²) in [6.07, 6.45) is 4.98. The predicted octanol–water partition coefficient (Wildman–Crippen LogP) is 3.77. The van der Waals surface area contributed by atoms with E-state index >= 15 is 0 Å². The molecule has 3 aromatic heterocycles. The molecule has 6 heteroatoms. The van der Waals surface area contributed by atoms with Gasteiger partial charge < -0.3 is 4.42 Å². The van der Waals surface area contributed by atoms with Crippen molar-refractivity contribution in [2.24, 2.45) is 5.10 Å². The third-order valence-corrected chi connectivity index (χ3v) is 3.66. The van der Waals surface area contributed by atoms with Crippen LogP contribution in [0.3, 0.4) is 0 Å². The van der Waals surface area contributed by atoms with Crippen molar-refractivity contribution >= 4 is 22.9 Å². The minimum absolute atomic E-state index is 0.685. The maximum Gasteiger partial charge on any atom is 0.165 e. The Morgan fingerprint density at radius 2 is 2.00 bits per heavy atom. The van der Waals surface area contributed by atoms with Gasteiger partial charge in [-0.3, -0.25) is 5.43 Å². The van der Waals surface area contributed by atoms with Crippen molar-refractivity contribution in [3.05, 3.63) is 72.4 Å². The second kappa shape index (κ2) is 6.00. The van der Waals surface area contributed by atoms with Gasteiger partial charge in [-0.15, -0.1) is 0 Å². The summed E-state index contributed by atoms with van der Waals surface area (Å²) in [5.74, 6) is 0.685. The Morgan fingerprint density at radius 3 is 2.79 bits per heavy atom. The number of aryl methyl sites for hydroxylation is 1. The molecule has 118 valence electrons. The third kappa shape index (κ3) is 2.54. The summed E-state index contributed by atoms with van der Waals surface area (Å²) in [5.41, 5.74) is 6.54. The van der Waals surface area contributed by atoms with E-state index in [4.69, 9.17) is 4.42 Å². The number of para-hydroxylation sites is 1. The quantitative estimate of drug-likeness (QED) is 0.459. The summed E-state index contributed by atoms with van der Waals surface area (Å²) < 4.78 is 7.07. The van der Waals surface area contributed by atoms with Crippen LogP contribution in [0.25, 0.3) is 16.7 Å². The van der Waals surface area contributed by atoms with Crippen LogP contribution in [-0.2, 0) is 0 Å². The number of anilines is 1. The summed E-state index contributed by atoms with van der Waals surface area (Å²) in [7, 11) is 0. The van der Waals surface area contributed by atoms with Crippen LogP contribution in [0.4, 0.5) is 5.69 Å². The molecular weight excluding hydrogens is 302 g/mol. The number of rotatable bonds is 4. The Morgan fingerprint density at radius 1 is 1.12 bits per heavy atom. The zero-order chi connectivity index (χ0) is 16.4. The second-order valence-electron chi connectivity index (χ2n) is 5.28. The molecule has 0 fully saturated rings. The van der Waals surface area contributed by atoms with E-state index in [0.717, 1.165) is 28.1 Å². The fourth-order valence-electron chi connectivity index (χ4n) is 2.59. The van der Waals surface area contributed by atoms with Gasteiger partial charge in [-0.05, 0) is 37.3 Å². The molecule has 1 aromatic carbocycles. The van der Waals surface area contributed by atoms with E-state index in [-0.39, 0.29) is 0 Å². The molecule has 0 aliphatic rings. The minimum atomic E-state index is 0.685. The molecule has 1 N–H and O–H groups in total. The van der Waals surface area contributed by atoms with Crippen molar-refractivity contribution in [1.82, 2.24) is 14.8 Å². The average molecular weight is 317 g/mol. The molecule has 6 nitrogen and oxygen atoms in total. The van der Waals surface area contributed by atoms with Crippen LogP contribution in [-0.4, -0.2) is 21.0 Å². The van der Waals surface area contributed by atoms with Crippen LogP contribution in [0.1, 0.15) is 11.5 Å². The maximum absolute atomic E-state index is 5.23. The normalized spacial score (nSPS) is 11.4. The number of nitrogens with zero attached hydrogens (tertiary/aromatic N) is 4. The van der Waals surface area contributed by atoms with Crippen LogP contribution in [0.2, 0.25) is 0 Å². The Hall–Kier alpha value is -3.41. The van der Waals surface area contributed by atoms with Gasteiger partial charge in [0, 0.05) is 6.20 Å². The Labute approximate surface area is 138 Å². The molecule has 3 heterocycles. The number of hydrazone groups is 1. The Balaban J connectivity index is 1.74. The number of pyridine rings is 1. The highest BCUT2D eigenvalue weighted by Crippen LogP contribution is 2.26. The van der Waals surface area contributed by atoms with Crippen molar-refractivity contribution in [3.63, 3.8) is 0 Å². The molecule has 4 aromatic rings. The Kier molecular flexibility index (Phi) is 3.55. The van der Waals surface area contributed by atoms with Crippen LogP contribution in [0, 0.1) is 6.92 Å². The van der Waals surface area contributed by atoms with Gasteiger partial charge in [0.15, 0.2) is 5.65 Å². The highest BCUT2D eigenvalue weighted by Gasteiger charge is 2.13. The lowest BCUT2D eigenvalue weighted by molar-refractivity contribution is 0.560. The standard InChI is InChI=1S/C18H15N5O/c1-13-17-16(21-20-12-15-8-5-11-24-15)9-10-19-18(17)23(22-13)14-6-3-2-4-7-14/h2-12H,1H3,(H,19,21). The number of aromatic nitrogens is 3. The number of hydrogen-bond donors (Lipinski definition) is 1. The van der Waals surface area contributed by atoms with E-state index in [1.54, 1.807) is 18.7 Å². The van der Waals surface area contributed by atoms with Crippen LogP contribution in [0.5, 0.6) is 0 Å². The summed E-state index contributed by atoms with van der Waals surface area (Å²) in [5, 5.41) is 9.79. The molecule has 0 amide bonds. The van der Waals surface area contributed by atoms with Gasteiger partial charge in [0.1, 0.15) is 5.76 Å². The van der Waals surface area contributed by atoms with Crippen LogP contribution >= 0.6 is 0 Å². The van der Waals surface area contributed by atoms with Gasteiger partial charge in [-0.2, -0.15) is 10.2 Å². The topological polar surface area (TPSA) is 68.2 Å². The smallest absolute Gasteiger partial charge is 0.165 e. The first-order chi connectivity index (χ1) is 11.8. The molecule has 24 heavy (non-hydrogen) atoms. The minimum Gasteiger partial charge on any atom is -0.463 e. The molecule has 0 saturated carbocycles. The monoisotopic (exact) mass is 317 g/mol. The Bertz CT molecular complexity index is 987. The molecule has 0 spiro atoms. The first-order valence-electron chi connectivity index (χ1n) is 7.55. The second-order valence-corrected chi connectivity index (χ2v) is 5.28. The zero-order valence-electron chi connectivity index (χ0n) is 13.0. The van der Waals surface area contributed by atoms with E-state index < -0.39 is 0 Å². The lowest BCUT2D eigenvalue weighted by Crippen LogP contribution is -1.97. The first-order valence-corrected chi connectivity index (χ1v) is 7.55. The van der Waals surface area contributed by atoms with Gasteiger partial charge in [-0.25, -0.2) is 9.67 Å². The molecule has 0 atom stereocenters. The average Bonchev–Trinajstić information content (AvgIpc) is 3.24. The highest BCUT2D eigenvalue weighted by molar-refractivity contribution is 5.92. The summed E-state index contributed by atoms with van der Waals surface area (Å²) in [6.45, 7) is 1.96. The van der Waals surface area contributed by atoms with E-state index in [1.807, 2.05) is 60.1 Å². The van der Waals surface area contributed by atoms with E-state index in [1.165, 1.54) is 0 Å². The number of hydrogen-bond acceptors (Lipinski definition) is 5. The first kappa shape index (κ1) is 14.2. The van der Waals surface area contributed by atoms with Gasteiger partial charge in [-0.1, -0.05) is 18.2 Å². The van der Waals surface area contributed by atoms with Crippen molar-refractivity contribution < 1.29 is 4.42 Å². The maximum atomic E-state index is 5.23. The molecule has 0 aliphatic heterocycles. The molecule has 0 aliphatic carbocycles. The lowest BCUT2D eigenvalue weighted by atomic mass is 10.2. The highest BCUT2D eigenvalue weighted by atomic mass is 16.3. The SMILES string of the molecule is Cc1nn(-c2ccccc2)c2nccc(NN=Cc3ccco3)c12. The van der Waals surface area contributed by atoms with Crippen LogP contribution < -0.4 is 5.43 Å². The molecule has 4 rings (SSSR count). The van der Waals surface area contributed by atoms with E-state index in [0.29, 0.717) is 5.76 Å². The van der Waals surface area contributed by atoms with Crippen molar-refractivity contribution in [2.45, 2.75) is 6.92 Å². The van der Waals surface area contributed by atoms with Crippen molar-refractivity contribution in [1.29, 1.82) is 0 Å². The number of fused-ring (bicyclic) bond motifs is 1. The molecular formula is C18H15N5O. The third-order valence-electron chi connectivity index (χ3n) is 3.66. The van der Waals surface area contributed by atoms with E-state index in [2.05, 4.69) is 20.6 Å². The number of benzene rings is 1. The van der Waals surface area contributed by atoms with E-state index in [9.17, 15) is 0 Å². The summed E-state index contributed by atoms with van der Waals surface area (Å²) in [4.78, 5) is 4.49. The van der Waals surface area contributed by atoms with Gasteiger partial charge in [0.2, 0.25) is 0 Å². The van der Waals surface area contributed by atoms with Crippen molar-refractivity contribution in [3.8, 4) is 5.69 Å². The van der Waals surface area contributed by atoms with Gasteiger partial charge in [0.25, 0.3) is 0 Å². The largest absolute Gasteiger partial charge is 0.463 e. The predicted molar refractivity (Wildman–Crippen MR) is 93.5 cm³/mol. The molecule has 0 bridgehead atoms. The number of furan rings is 1. The van der Waals surface area contributed by atoms with Gasteiger partial charge >= 0.3 is 0 Å². The number of nitrogens with one attached hydrogen (secondary N) is 1. The lowest BCUT2D eigenvalue weighted by Gasteiger charge is -2.04. The van der Waals surface area contributed by atoms with Gasteiger partial charge in [0.05, 0.1) is 34.9 Å². The molecule has 0 unspecified atom stereocenters. The fourth-order valence-corrected chi connectivity index (χ4v) is 2.59. The fraction of sp³-hybridized carbons (Fsp3) is 0.0556. The van der Waals surface area contributed by atoms with Crippen LogP contribution in [0.15, 0.2) is 70.5 Å².